The number of hydrogen-bond donors (Lipinski definition) is 0. The predicted molar refractivity (Wildman–Crippen MR) is 155 cm³/mol. The zero-order valence-corrected chi connectivity index (χ0v) is 23.7. The summed E-state index contributed by atoms with van der Waals surface area (Å²) in [4.78, 5) is 13.5. The van der Waals surface area contributed by atoms with Gasteiger partial charge in [-0.15, -0.1) is 0 Å². The highest BCUT2D eigenvalue weighted by Gasteiger charge is 2.24. The summed E-state index contributed by atoms with van der Waals surface area (Å²) in [5.74, 6) is 1.70. The van der Waals surface area contributed by atoms with Crippen molar-refractivity contribution in [3.05, 3.63) is 64.5 Å². The molecule has 2 fully saturated rings. The van der Waals surface area contributed by atoms with E-state index in [0.717, 1.165) is 80.0 Å². The predicted octanol–water partition coefficient (Wildman–Crippen LogP) is 6.39. The van der Waals surface area contributed by atoms with Crippen LogP contribution in [-0.2, 0) is 4.74 Å². The molecule has 2 saturated heterocycles. The molecule has 3 aromatic heterocycles. The molecule has 8 nitrogen and oxygen atoms in total. The lowest BCUT2D eigenvalue weighted by Gasteiger charge is -2.33. The summed E-state index contributed by atoms with van der Waals surface area (Å²) in [7, 11) is 2.16. The molecule has 0 N–H and O–H groups in total. The van der Waals surface area contributed by atoms with Gasteiger partial charge < -0.3 is 19.3 Å². The van der Waals surface area contributed by atoms with Gasteiger partial charge in [-0.2, -0.15) is 5.10 Å². The van der Waals surface area contributed by atoms with E-state index in [1.54, 1.807) is 12.4 Å². The van der Waals surface area contributed by atoms with Crippen LogP contribution < -0.4 is 9.64 Å². The lowest BCUT2D eigenvalue weighted by molar-refractivity contribution is -0.0365. The maximum absolute atomic E-state index is 6.39. The molecule has 0 bridgehead atoms. The SMILES string of the molecule is C[C@@H](Oc1ccc2c(c1)c(-c1ccc(N3CCN(C)CC3)nc1)nn2C1CCCCO1)c1c(Cl)cncc1Cl. The van der Waals surface area contributed by atoms with Crippen LogP contribution in [-0.4, -0.2) is 64.5 Å². The van der Waals surface area contributed by atoms with Crippen molar-refractivity contribution in [3.8, 4) is 17.0 Å². The topological polar surface area (TPSA) is 68.5 Å². The van der Waals surface area contributed by atoms with Crippen molar-refractivity contribution in [1.29, 1.82) is 0 Å². The standard InChI is InChI=1S/C29H32Cl2N6O2/c1-19(28-23(30)17-32-18-24(28)31)39-21-7-8-25-22(15-21)29(34-37(25)27-5-3-4-14-38-27)20-6-9-26(33-16-20)36-12-10-35(2)11-13-36/h6-9,15-19,27H,3-5,10-14H2,1-2H3/t19-,27?/m1/s1. The molecule has 0 saturated carbocycles. The van der Waals surface area contributed by atoms with Crippen LogP contribution in [0.4, 0.5) is 5.82 Å². The third-order valence-electron chi connectivity index (χ3n) is 7.56. The molecule has 6 rings (SSSR count). The fraction of sp³-hybridized carbons (Fsp3) is 0.414. The van der Waals surface area contributed by atoms with Gasteiger partial charge in [-0.05, 0) is 63.6 Å². The molecule has 5 heterocycles. The van der Waals surface area contributed by atoms with Gasteiger partial charge >= 0.3 is 0 Å². The van der Waals surface area contributed by atoms with Crippen LogP contribution in [0, 0.1) is 0 Å². The number of benzene rings is 1. The number of piperazine rings is 1. The van der Waals surface area contributed by atoms with Gasteiger partial charge in [-0.1, -0.05) is 23.2 Å². The number of hydrogen-bond acceptors (Lipinski definition) is 7. The Morgan fingerprint density at radius 1 is 1.00 bits per heavy atom. The maximum atomic E-state index is 6.39. The summed E-state index contributed by atoms with van der Waals surface area (Å²) in [5.41, 5.74) is 3.52. The van der Waals surface area contributed by atoms with Gasteiger partial charge in [-0.25, -0.2) is 9.67 Å². The molecule has 39 heavy (non-hydrogen) atoms. The van der Waals surface area contributed by atoms with E-state index < -0.39 is 0 Å². The first-order valence-corrected chi connectivity index (χ1v) is 14.2. The molecule has 4 aromatic rings. The van der Waals surface area contributed by atoms with Crippen molar-refractivity contribution in [2.75, 3.05) is 44.7 Å². The van der Waals surface area contributed by atoms with Crippen LogP contribution in [0.5, 0.6) is 5.75 Å². The largest absolute Gasteiger partial charge is 0.486 e. The Balaban J connectivity index is 1.35. The zero-order valence-electron chi connectivity index (χ0n) is 22.2. The number of aromatic nitrogens is 4. The van der Waals surface area contributed by atoms with E-state index in [4.69, 9.17) is 42.8 Å². The van der Waals surface area contributed by atoms with Gasteiger partial charge in [0.2, 0.25) is 0 Å². The Kier molecular flexibility index (Phi) is 7.62. The number of likely N-dealkylation sites (N-methyl/N-ethyl adjacent to an activating group) is 1. The van der Waals surface area contributed by atoms with Crippen molar-refractivity contribution in [2.24, 2.45) is 0 Å². The second-order valence-electron chi connectivity index (χ2n) is 10.3. The quantitative estimate of drug-likeness (QED) is 0.268. The molecular weight excluding hydrogens is 535 g/mol. The van der Waals surface area contributed by atoms with Crippen LogP contribution in [0.15, 0.2) is 48.9 Å². The average molecular weight is 568 g/mol. The van der Waals surface area contributed by atoms with Crippen LogP contribution in [0.25, 0.3) is 22.2 Å². The van der Waals surface area contributed by atoms with E-state index >= 15 is 0 Å². The fourth-order valence-electron chi connectivity index (χ4n) is 5.36. The van der Waals surface area contributed by atoms with Crippen LogP contribution in [0.1, 0.15) is 44.1 Å². The fourth-order valence-corrected chi connectivity index (χ4v) is 6.04. The van der Waals surface area contributed by atoms with Crippen molar-refractivity contribution in [1.82, 2.24) is 24.6 Å². The third kappa shape index (κ3) is 5.43. The number of fused-ring (bicyclic) bond motifs is 1. The Bertz CT molecular complexity index is 1430. The minimum Gasteiger partial charge on any atom is -0.486 e. The Morgan fingerprint density at radius 3 is 2.49 bits per heavy atom. The number of anilines is 1. The third-order valence-corrected chi connectivity index (χ3v) is 8.17. The first-order valence-electron chi connectivity index (χ1n) is 13.5. The van der Waals surface area contributed by atoms with E-state index in [1.807, 2.05) is 36.0 Å². The Morgan fingerprint density at radius 2 is 1.79 bits per heavy atom. The van der Waals surface area contributed by atoms with Gasteiger partial charge in [0.15, 0.2) is 6.23 Å². The molecular formula is C29H32Cl2N6O2. The van der Waals surface area contributed by atoms with Gasteiger partial charge in [0, 0.05) is 67.9 Å². The van der Waals surface area contributed by atoms with E-state index in [2.05, 4.69) is 34.0 Å². The smallest absolute Gasteiger partial charge is 0.150 e. The number of nitrogens with zero attached hydrogens (tertiary/aromatic N) is 6. The number of rotatable bonds is 6. The molecule has 0 spiro atoms. The summed E-state index contributed by atoms with van der Waals surface area (Å²) in [5, 5.41) is 7.00. The maximum Gasteiger partial charge on any atom is 0.150 e. The van der Waals surface area contributed by atoms with E-state index in [9.17, 15) is 0 Å². The first-order chi connectivity index (χ1) is 19.0. The average Bonchev–Trinajstić information content (AvgIpc) is 3.33. The Hall–Kier alpha value is -2.91. The summed E-state index contributed by atoms with van der Waals surface area (Å²) in [6.45, 7) is 6.70. The van der Waals surface area contributed by atoms with Crippen molar-refractivity contribution < 1.29 is 9.47 Å². The molecule has 10 heteroatoms. The molecule has 2 aliphatic heterocycles. The number of ether oxygens (including phenoxy) is 2. The van der Waals surface area contributed by atoms with E-state index in [-0.39, 0.29) is 12.3 Å². The highest BCUT2D eigenvalue weighted by atomic mass is 35.5. The monoisotopic (exact) mass is 566 g/mol. The minimum atomic E-state index is -0.366. The number of halogens is 2. The lowest BCUT2D eigenvalue weighted by atomic mass is 10.1. The lowest BCUT2D eigenvalue weighted by Crippen LogP contribution is -2.44. The molecule has 2 aliphatic rings. The molecule has 1 unspecified atom stereocenters. The van der Waals surface area contributed by atoms with E-state index in [1.165, 1.54) is 0 Å². The molecule has 0 radical (unpaired) electrons. The Labute approximate surface area is 238 Å². The molecule has 2 atom stereocenters. The summed E-state index contributed by atoms with van der Waals surface area (Å²) >= 11 is 12.8. The van der Waals surface area contributed by atoms with Gasteiger partial charge in [0.25, 0.3) is 0 Å². The zero-order chi connectivity index (χ0) is 26.9. The van der Waals surface area contributed by atoms with Crippen molar-refractivity contribution >= 4 is 39.9 Å². The van der Waals surface area contributed by atoms with Crippen molar-refractivity contribution in [3.63, 3.8) is 0 Å². The van der Waals surface area contributed by atoms with Crippen LogP contribution >= 0.6 is 23.2 Å². The minimum absolute atomic E-state index is 0.0901. The highest BCUT2D eigenvalue weighted by Crippen LogP contribution is 2.37. The van der Waals surface area contributed by atoms with Gasteiger partial charge in [0.05, 0.1) is 15.6 Å². The molecule has 204 valence electrons. The second-order valence-corrected chi connectivity index (χ2v) is 11.1. The first kappa shape index (κ1) is 26.3. The van der Waals surface area contributed by atoms with Crippen LogP contribution in [0.2, 0.25) is 10.0 Å². The van der Waals surface area contributed by atoms with Gasteiger partial charge in [0.1, 0.15) is 23.4 Å². The summed E-state index contributed by atoms with van der Waals surface area (Å²) in [6, 6.07) is 10.2. The highest BCUT2D eigenvalue weighted by molar-refractivity contribution is 6.35. The van der Waals surface area contributed by atoms with Gasteiger partial charge in [-0.3, -0.25) is 4.98 Å². The van der Waals surface area contributed by atoms with Crippen molar-refractivity contribution in [2.45, 2.75) is 38.5 Å². The summed E-state index contributed by atoms with van der Waals surface area (Å²) in [6.07, 6.45) is 7.76. The second kappa shape index (κ2) is 11.3. The van der Waals surface area contributed by atoms with Crippen LogP contribution in [0.3, 0.4) is 0 Å². The molecule has 0 aliphatic carbocycles. The molecule has 0 amide bonds. The normalized spacial score (nSPS) is 19.4. The van der Waals surface area contributed by atoms with E-state index in [0.29, 0.717) is 21.4 Å². The summed E-state index contributed by atoms with van der Waals surface area (Å²) < 4.78 is 14.5. The molecule has 1 aromatic carbocycles. The number of pyridine rings is 2.